The van der Waals surface area contributed by atoms with Gasteiger partial charge in [-0.2, -0.15) is 0 Å². The zero-order valence-electron chi connectivity index (χ0n) is 11.3. The number of carbonyl (C=O) groups is 1. The van der Waals surface area contributed by atoms with Crippen molar-refractivity contribution in [3.8, 4) is 0 Å². The van der Waals surface area contributed by atoms with Crippen LogP contribution in [0, 0.1) is 6.92 Å². The predicted octanol–water partition coefficient (Wildman–Crippen LogP) is 4.72. The Balaban J connectivity index is 1.97. The van der Waals surface area contributed by atoms with Crippen molar-refractivity contribution in [1.29, 1.82) is 0 Å². The van der Waals surface area contributed by atoms with Crippen molar-refractivity contribution in [2.24, 2.45) is 0 Å². The van der Waals surface area contributed by atoms with Gasteiger partial charge in [-0.1, -0.05) is 33.6 Å². The molecule has 2 aromatic carbocycles. The molecular weight excluding hydrogens is 372 g/mol. The first-order valence-electron chi connectivity index (χ1n) is 6.19. The average Bonchev–Trinajstić information content (AvgIpc) is 2.43. The molecule has 110 valence electrons. The van der Waals surface area contributed by atoms with Gasteiger partial charge in [0.2, 0.25) is 5.91 Å². The first-order chi connectivity index (χ1) is 9.95. The summed E-state index contributed by atoms with van der Waals surface area (Å²) in [7, 11) is 0. The second kappa shape index (κ2) is 7.20. The van der Waals surface area contributed by atoms with Crippen LogP contribution in [0.15, 0.2) is 45.8 Å². The highest BCUT2D eigenvalue weighted by molar-refractivity contribution is 9.10. The van der Waals surface area contributed by atoms with Gasteiger partial charge in [0.25, 0.3) is 0 Å². The zero-order valence-corrected chi connectivity index (χ0v) is 14.5. The zero-order chi connectivity index (χ0) is 15.4. The Morgan fingerprint density at radius 2 is 2.10 bits per heavy atom. The molecule has 0 aliphatic rings. The minimum absolute atomic E-state index is 0.120. The number of aryl methyl sites for hydroxylation is 1. The van der Waals surface area contributed by atoms with Crippen molar-refractivity contribution in [1.82, 2.24) is 0 Å². The number of amides is 1. The molecule has 2 rings (SSSR count). The van der Waals surface area contributed by atoms with Crippen molar-refractivity contribution in [2.45, 2.75) is 11.8 Å². The molecule has 0 radical (unpaired) electrons. The molecular formula is C15H14BrClN2OS. The molecule has 0 atom stereocenters. The number of anilines is 2. The first-order valence-corrected chi connectivity index (χ1v) is 8.35. The fourth-order valence-corrected chi connectivity index (χ4v) is 3.27. The molecule has 3 nitrogen and oxygen atoms in total. The molecule has 0 spiro atoms. The molecule has 0 bridgehead atoms. The Labute approximate surface area is 141 Å². The Morgan fingerprint density at radius 1 is 1.33 bits per heavy atom. The van der Waals surface area contributed by atoms with Crippen LogP contribution >= 0.6 is 39.3 Å². The third-order valence-corrected chi connectivity index (χ3v) is 4.61. The van der Waals surface area contributed by atoms with Gasteiger partial charge < -0.3 is 11.1 Å². The lowest BCUT2D eigenvalue weighted by molar-refractivity contribution is -0.113. The van der Waals surface area contributed by atoms with E-state index in [9.17, 15) is 4.79 Å². The van der Waals surface area contributed by atoms with Gasteiger partial charge in [0, 0.05) is 15.1 Å². The molecule has 0 heterocycles. The van der Waals surface area contributed by atoms with Gasteiger partial charge in [-0.25, -0.2) is 0 Å². The van der Waals surface area contributed by atoms with Gasteiger partial charge in [0.1, 0.15) is 0 Å². The smallest absolute Gasteiger partial charge is 0.234 e. The minimum atomic E-state index is -0.120. The SMILES string of the molecule is Cc1ccc(N)c(SCC(=O)Nc2ccc(Br)cc2Cl)c1. The fraction of sp³-hybridized carbons (Fsp3) is 0.133. The molecule has 0 saturated carbocycles. The number of thioether (sulfide) groups is 1. The summed E-state index contributed by atoms with van der Waals surface area (Å²) in [6.45, 7) is 1.99. The Bertz CT molecular complexity index is 679. The molecule has 0 aromatic heterocycles. The number of nitrogen functional groups attached to an aromatic ring is 1. The van der Waals surface area contributed by atoms with Crippen LogP contribution < -0.4 is 11.1 Å². The lowest BCUT2D eigenvalue weighted by Crippen LogP contribution is -2.14. The van der Waals surface area contributed by atoms with E-state index in [0.717, 1.165) is 14.9 Å². The van der Waals surface area contributed by atoms with Crippen molar-refractivity contribution >= 4 is 56.6 Å². The normalized spacial score (nSPS) is 10.4. The quantitative estimate of drug-likeness (QED) is 0.591. The maximum Gasteiger partial charge on any atom is 0.234 e. The molecule has 3 N–H and O–H groups in total. The molecule has 0 fully saturated rings. The number of benzene rings is 2. The molecule has 1 amide bonds. The predicted molar refractivity (Wildman–Crippen MR) is 94.1 cm³/mol. The summed E-state index contributed by atoms with van der Waals surface area (Å²) in [4.78, 5) is 12.9. The van der Waals surface area contributed by atoms with Crippen molar-refractivity contribution in [3.63, 3.8) is 0 Å². The van der Waals surface area contributed by atoms with Crippen molar-refractivity contribution in [3.05, 3.63) is 51.5 Å². The molecule has 0 saturated heterocycles. The van der Waals surface area contributed by atoms with Gasteiger partial charge in [0.15, 0.2) is 0 Å². The van der Waals surface area contributed by atoms with Gasteiger partial charge in [-0.05, 0) is 42.8 Å². The second-order valence-corrected chi connectivity index (χ2v) is 6.84. The largest absolute Gasteiger partial charge is 0.398 e. The average molecular weight is 386 g/mol. The highest BCUT2D eigenvalue weighted by Crippen LogP contribution is 2.28. The van der Waals surface area contributed by atoms with Gasteiger partial charge in [-0.3, -0.25) is 4.79 Å². The van der Waals surface area contributed by atoms with Crippen LogP contribution in [-0.2, 0) is 4.79 Å². The number of rotatable bonds is 4. The Hall–Kier alpha value is -1.17. The lowest BCUT2D eigenvalue weighted by Gasteiger charge is -2.09. The highest BCUT2D eigenvalue weighted by atomic mass is 79.9. The van der Waals surface area contributed by atoms with Crippen molar-refractivity contribution in [2.75, 3.05) is 16.8 Å². The summed E-state index contributed by atoms with van der Waals surface area (Å²) in [5, 5.41) is 3.29. The topological polar surface area (TPSA) is 55.1 Å². The van der Waals surface area contributed by atoms with E-state index in [0.29, 0.717) is 16.4 Å². The Kier molecular flexibility index (Phi) is 5.56. The van der Waals surface area contributed by atoms with Crippen molar-refractivity contribution < 1.29 is 4.79 Å². The van der Waals surface area contributed by atoms with Gasteiger partial charge >= 0.3 is 0 Å². The van der Waals surface area contributed by atoms with E-state index >= 15 is 0 Å². The monoisotopic (exact) mass is 384 g/mol. The summed E-state index contributed by atoms with van der Waals surface area (Å²) >= 11 is 10.8. The summed E-state index contributed by atoms with van der Waals surface area (Å²) < 4.78 is 0.868. The number of hydrogen-bond donors (Lipinski definition) is 2. The van der Waals surface area contributed by atoms with Gasteiger partial charge in [-0.15, -0.1) is 11.8 Å². The van der Waals surface area contributed by atoms with Crippen LogP contribution in [0.2, 0.25) is 5.02 Å². The molecule has 6 heteroatoms. The number of carbonyl (C=O) groups excluding carboxylic acids is 1. The highest BCUT2D eigenvalue weighted by Gasteiger charge is 2.08. The molecule has 2 aromatic rings. The molecule has 21 heavy (non-hydrogen) atoms. The second-order valence-electron chi connectivity index (χ2n) is 4.50. The van der Waals surface area contributed by atoms with E-state index in [-0.39, 0.29) is 11.7 Å². The molecule has 0 aliphatic heterocycles. The standard InChI is InChI=1S/C15H14BrClN2OS/c1-9-2-4-12(18)14(6-9)21-8-15(20)19-13-5-3-10(16)7-11(13)17/h2-7H,8,18H2,1H3,(H,19,20). The third-order valence-electron chi connectivity index (χ3n) is 2.73. The van der Waals surface area contributed by atoms with Crippen LogP contribution in [0.5, 0.6) is 0 Å². The first kappa shape index (κ1) is 16.2. The van der Waals surface area contributed by atoms with E-state index in [1.165, 1.54) is 11.8 Å². The summed E-state index contributed by atoms with van der Waals surface area (Å²) in [6.07, 6.45) is 0. The summed E-state index contributed by atoms with van der Waals surface area (Å²) in [6, 6.07) is 11.1. The summed E-state index contributed by atoms with van der Waals surface area (Å²) in [5.74, 6) is 0.158. The summed E-state index contributed by atoms with van der Waals surface area (Å²) in [5.41, 5.74) is 8.28. The molecule has 0 aliphatic carbocycles. The van der Waals surface area contributed by atoms with E-state index in [1.807, 2.05) is 31.2 Å². The number of nitrogens with one attached hydrogen (secondary N) is 1. The Morgan fingerprint density at radius 3 is 2.81 bits per heavy atom. The van der Waals surface area contributed by atoms with Crippen LogP contribution in [0.4, 0.5) is 11.4 Å². The number of halogens is 2. The van der Waals surface area contributed by atoms with Gasteiger partial charge in [0.05, 0.1) is 16.5 Å². The minimum Gasteiger partial charge on any atom is -0.398 e. The molecule has 0 unspecified atom stereocenters. The van der Waals surface area contributed by atoms with Crippen LogP contribution in [-0.4, -0.2) is 11.7 Å². The maximum absolute atomic E-state index is 12.0. The maximum atomic E-state index is 12.0. The van der Waals surface area contributed by atoms with Crippen LogP contribution in [0.3, 0.4) is 0 Å². The van der Waals surface area contributed by atoms with E-state index < -0.39 is 0 Å². The fourth-order valence-electron chi connectivity index (χ4n) is 1.69. The van der Waals surface area contributed by atoms with Crippen LogP contribution in [0.1, 0.15) is 5.56 Å². The van der Waals surface area contributed by atoms with E-state index in [1.54, 1.807) is 12.1 Å². The lowest BCUT2D eigenvalue weighted by atomic mass is 10.2. The van der Waals surface area contributed by atoms with E-state index in [2.05, 4.69) is 21.2 Å². The third kappa shape index (κ3) is 4.66. The number of nitrogens with two attached hydrogens (primary N) is 1. The van der Waals surface area contributed by atoms with Crippen LogP contribution in [0.25, 0.3) is 0 Å². The number of hydrogen-bond acceptors (Lipinski definition) is 3. The van der Waals surface area contributed by atoms with E-state index in [4.69, 9.17) is 17.3 Å².